The van der Waals surface area contributed by atoms with Crippen molar-refractivity contribution in [1.82, 2.24) is 4.57 Å². The predicted molar refractivity (Wildman–Crippen MR) is 91.7 cm³/mol. The van der Waals surface area contributed by atoms with Gasteiger partial charge in [-0.15, -0.1) is 0 Å². The summed E-state index contributed by atoms with van der Waals surface area (Å²) in [4.78, 5) is 23.6. The van der Waals surface area contributed by atoms with Gasteiger partial charge in [-0.1, -0.05) is 18.2 Å². The molecule has 1 unspecified atom stereocenters. The van der Waals surface area contributed by atoms with Crippen LogP contribution in [0.2, 0.25) is 0 Å². The van der Waals surface area contributed by atoms with E-state index >= 15 is 0 Å². The fourth-order valence-corrected chi connectivity index (χ4v) is 2.84. The van der Waals surface area contributed by atoms with E-state index in [0.29, 0.717) is 17.7 Å². The molecule has 0 radical (unpaired) electrons. The van der Waals surface area contributed by atoms with Crippen LogP contribution < -0.4 is 10.3 Å². The third-order valence-electron chi connectivity index (χ3n) is 4.10. The highest BCUT2D eigenvalue weighted by Crippen LogP contribution is 2.36. The first-order valence-corrected chi connectivity index (χ1v) is 7.58. The highest BCUT2D eigenvalue weighted by molar-refractivity contribution is 5.90. The smallest absolute Gasteiger partial charge is 0.261 e. The SMILES string of the molecule is CC(=O)/C=C/CC1(C)C=Cc2c(c3ccccc3n(C)c2=O)O1. The molecule has 4 nitrogen and oxygen atoms in total. The number of allylic oxidation sites excluding steroid dienone is 1. The van der Waals surface area contributed by atoms with Gasteiger partial charge in [0, 0.05) is 18.9 Å². The molecule has 2 aromatic rings. The van der Waals surface area contributed by atoms with E-state index in [0.717, 1.165) is 10.9 Å². The lowest BCUT2D eigenvalue weighted by Gasteiger charge is -2.31. The Morgan fingerprint density at radius 3 is 2.83 bits per heavy atom. The van der Waals surface area contributed by atoms with E-state index in [1.165, 1.54) is 6.92 Å². The summed E-state index contributed by atoms with van der Waals surface area (Å²) in [6, 6.07) is 7.70. The number of ether oxygens (including phenoxy) is 1. The Kier molecular flexibility index (Phi) is 3.68. The Morgan fingerprint density at radius 2 is 2.09 bits per heavy atom. The second-order valence-corrected chi connectivity index (χ2v) is 6.09. The quantitative estimate of drug-likeness (QED) is 0.818. The van der Waals surface area contributed by atoms with Crippen LogP contribution in [0.4, 0.5) is 0 Å². The Balaban J connectivity index is 2.10. The maximum atomic E-state index is 12.5. The molecule has 2 heterocycles. The van der Waals surface area contributed by atoms with Crippen molar-refractivity contribution >= 4 is 22.8 Å². The maximum absolute atomic E-state index is 12.5. The number of ketones is 1. The zero-order valence-corrected chi connectivity index (χ0v) is 13.5. The molecule has 4 heteroatoms. The summed E-state index contributed by atoms with van der Waals surface area (Å²) in [5.74, 6) is 0.623. The van der Waals surface area contributed by atoms with Gasteiger partial charge in [0.25, 0.3) is 5.56 Å². The van der Waals surface area contributed by atoms with Gasteiger partial charge >= 0.3 is 0 Å². The number of hydrogen-bond acceptors (Lipinski definition) is 3. The minimum Gasteiger partial charge on any atom is -0.482 e. The lowest BCUT2D eigenvalue weighted by atomic mass is 9.95. The number of carbonyl (C=O) groups is 1. The number of fused-ring (bicyclic) bond motifs is 3. The molecule has 23 heavy (non-hydrogen) atoms. The molecule has 0 aliphatic carbocycles. The highest BCUT2D eigenvalue weighted by atomic mass is 16.5. The van der Waals surface area contributed by atoms with Crippen molar-refractivity contribution < 1.29 is 9.53 Å². The van der Waals surface area contributed by atoms with Crippen molar-refractivity contribution in [2.45, 2.75) is 25.9 Å². The van der Waals surface area contributed by atoms with Crippen LogP contribution in [0.1, 0.15) is 25.8 Å². The van der Waals surface area contributed by atoms with E-state index in [4.69, 9.17) is 4.74 Å². The summed E-state index contributed by atoms with van der Waals surface area (Å²) in [6.07, 6.45) is 7.62. The van der Waals surface area contributed by atoms with Crippen LogP contribution in [0.15, 0.2) is 47.3 Å². The number of benzene rings is 1. The average Bonchev–Trinajstić information content (AvgIpc) is 2.52. The molecule has 118 valence electrons. The molecule has 3 rings (SSSR count). The fraction of sp³-hybridized carbons (Fsp3) is 0.263. The Morgan fingerprint density at radius 1 is 1.35 bits per heavy atom. The van der Waals surface area contributed by atoms with Gasteiger partial charge in [0.1, 0.15) is 11.4 Å². The average molecular weight is 309 g/mol. The van der Waals surface area contributed by atoms with Gasteiger partial charge in [-0.3, -0.25) is 9.59 Å². The maximum Gasteiger partial charge on any atom is 0.261 e. The molecule has 1 aliphatic rings. The number of hydrogen-bond donors (Lipinski definition) is 0. The standard InChI is InChI=1S/C19H19NO3/c1-13(21)7-6-11-19(2)12-10-15-17(23-19)14-8-4-5-9-16(14)20(3)18(15)22/h4-10,12H,11H2,1-3H3/b7-6+. The van der Waals surface area contributed by atoms with Crippen molar-refractivity contribution in [2.75, 3.05) is 0 Å². The minimum atomic E-state index is -0.575. The molecule has 0 spiro atoms. The number of pyridine rings is 1. The summed E-state index contributed by atoms with van der Waals surface area (Å²) in [5.41, 5.74) is 0.761. The summed E-state index contributed by atoms with van der Waals surface area (Å²) in [5, 5.41) is 0.913. The first-order chi connectivity index (χ1) is 10.9. The van der Waals surface area contributed by atoms with Gasteiger partial charge < -0.3 is 9.30 Å². The van der Waals surface area contributed by atoms with Gasteiger partial charge in [0.05, 0.1) is 11.1 Å². The molecular formula is C19H19NO3. The van der Waals surface area contributed by atoms with Crippen molar-refractivity contribution in [3.63, 3.8) is 0 Å². The van der Waals surface area contributed by atoms with Gasteiger partial charge in [0.2, 0.25) is 0 Å². The Hall–Kier alpha value is -2.62. The second-order valence-electron chi connectivity index (χ2n) is 6.09. The minimum absolute atomic E-state index is 0.00751. The van der Waals surface area contributed by atoms with Crippen LogP contribution in [0, 0.1) is 0 Å². The Labute approximate surface area is 134 Å². The van der Waals surface area contributed by atoms with E-state index in [-0.39, 0.29) is 11.3 Å². The van der Waals surface area contributed by atoms with Gasteiger partial charge in [0.15, 0.2) is 5.78 Å². The molecular weight excluding hydrogens is 290 g/mol. The fourth-order valence-electron chi connectivity index (χ4n) is 2.84. The molecule has 1 aromatic heterocycles. The monoisotopic (exact) mass is 309 g/mol. The third kappa shape index (κ3) is 2.72. The van der Waals surface area contributed by atoms with Crippen LogP contribution >= 0.6 is 0 Å². The number of rotatable bonds is 3. The number of aromatic nitrogens is 1. The summed E-state index contributed by atoms with van der Waals surface area (Å²) < 4.78 is 7.83. The Bertz CT molecular complexity index is 905. The molecule has 1 atom stereocenters. The molecule has 0 N–H and O–H groups in total. The van der Waals surface area contributed by atoms with Gasteiger partial charge in [-0.05, 0) is 44.2 Å². The molecule has 0 bridgehead atoms. The van der Waals surface area contributed by atoms with E-state index in [2.05, 4.69) is 0 Å². The lowest BCUT2D eigenvalue weighted by molar-refractivity contribution is -0.112. The van der Waals surface area contributed by atoms with E-state index in [9.17, 15) is 9.59 Å². The van der Waals surface area contributed by atoms with Crippen LogP contribution in [0.5, 0.6) is 5.75 Å². The first-order valence-electron chi connectivity index (χ1n) is 7.58. The molecule has 1 aromatic carbocycles. The van der Waals surface area contributed by atoms with Crippen molar-refractivity contribution in [2.24, 2.45) is 7.05 Å². The number of aryl methyl sites for hydroxylation is 1. The van der Waals surface area contributed by atoms with Crippen molar-refractivity contribution in [3.8, 4) is 5.75 Å². The second kappa shape index (κ2) is 5.54. The molecule has 0 amide bonds. The lowest BCUT2D eigenvalue weighted by Crippen LogP contribution is -2.34. The van der Waals surface area contributed by atoms with E-state index in [1.807, 2.05) is 43.3 Å². The summed E-state index contributed by atoms with van der Waals surface area (Å²) >= 11 is 0. The van der Waals surface area contributed by atoms with Crippen LogP contribution in [0.25, 0.3) is 17.0 Å². The largest absolute Gasteiger partial charge is 0.482 e. The predicted octanol–water partition coefficient (Wildman–Crippen LogP) is 3.24. The topological polar surface area (TPSA) is 48.3 Å². The van der Waals surface area contributed by atoms with Crippen molar-refractivity contribution in [3.05, 3.63) is 58.4 Å². The summed E-state index contributed by atoms with van der Waals surface area (Å²) in [7, 11) is 1.77. The zero-order chi connectivity index (χ0) is 16.6. The summed E-state index contributed by atoms with van der Waals surface area (Å²) in [6.45, 7) is 3.46. The molecule has 0 saturated heterocycles. The van der Waals surface area contributed by atoms with Gasteiger partial charge in [-0.25, -0.2) is 0 Å². The van der Waals surface area contributed by atoms with Crippen LogP contribution in [0.3, 0.4) is 0 Å². The normalized spacial score (nSPS) is 19.8. The zero-order valence-electron chi connectivity index (χ0n) is 13.5. The van der Waals surface area contributed by atoms with E-state index in [1.54, 1.807) is 23.8 Å². The number of nitrogens with zero attached hydrogens (tertiary/aromatic N) is 1. The number of carbonyl (C=O) groups excluding carboxylic acids is 1. The van der Waals surface area contributed by atoms with Crippen molar-refractivity contribution in [1.29, 1.82) is 0 Å². The third-order valence-corrected chi connectivity index (χ3v) is 4.10. The van der Waals surface area contributed by atoms with Crippen LogP contribution in [-0.4, -0.2) is 16.0 Å². The highest BCUT2D eigenvalue weighted by Gasteiger charge is 2.29. The molecule has 0 saturated carbocycles. The number of para-hydroxylation sites is 1. The van der Waals surface area contributed by atoms with Crippen LogP contribution in [-0.2, 0) is 11.8 Å². The first kappa shape index (κ1) is 15.3. The molecule has 1 aliphatic heterocycles. The molecule has 0 fully saturated rings. The van der Waals surface area contributed by atoms with Gasteiger partial charge in [-0.2, -0.15) is 0 Å². The van der Waals surface area contributed by atoms with E-state index < -0.39 is 5.60 Å².